The zero-order valence-corrected chi connectivity index (χ0v) is 26.5. The van der Waals surface area contributed by atoms with Gasteiger partial charge in [-0.25, -0.2) is 0 Å². The van der Waals surface area contributed by atoms with Crippen LogP contribution in [0.4, 0.5) is 11.4 Å². The van der Waals surface area contributed by atoms with Crippen molar-refractivity contribution in [3.63, 3.8) is 0 Å². The predicted molar refractivity (Wildman–Crippen MR) is 159 cm³/mol. The normalized spacial score (nSPS) is 31.1. The van der Waals surface area contributed by atoms with Gasteiger partial charge in [-0.2, -0.15) is 0 Å². The van der Waals surface area contributed by atoms with Crippen molar-refractivity contribution >= 4 is 73.9 Å². The van der Waals surface area contributed by atoms with E-state index >= 15 is 0 Å². The second-order valence-electron chi connectivity index (χ2n) is 12.5. The third kappa shape index (κ3) is 4.53. The Kier molecular flexibility index (Phi) is 8.02. The minimum absolute atomic E-state index is 0.00582. The Bertz CT molecular complexity index is 1480. The van der Waals surface area contributed by atoms with Crippen LogP contribution in [0.3, 0.4) is 0 Å². The molecule has 0 aliphatic heterocycles. The van der Waals surface area contributed by atoms with E-state index in [1.807, 2.05) is 0 Å². The zero-order chi connectivity index (χ0) is 31.9. The van der Waals surface area contributed by atoms with Crippen LogP contribution in [-0.2, 0) is 30.4 Å². The number of fused-ring (bicyclic) bond motifs is 3. The number of hydrogen-bond donors (Lipinski definition) is 4. The molecule has 0 bridgehead atoms. The van der Waals surface area contributed by atoms with Crippen molar-refractivity contribution in [3.8, 4) is 5.75 Å². The number of rotatable bonds is 6. The number of nitrogens with zero attached hydrogens (tertiary/aromatic N) is 2. The molecule has 3 fully saturated rings. The monoisotopic (exact) mass is 680 g/mol. The summed E-state index contributed by atoms with van der Waals surface area (Å²) in [7, 11) is 6.40. The second kappa shape index (κ2) is 10.9. The Labute approximate surface area is 261 Å². The first-order valence-electron chi connectivity index (χ1n) is 14.1. The van der Waals surface area contributed by atoms with E-state index in [-0.39, 0.29) is 35.0 Å². The number of primary amides is 1. The van der Waals surface area contributed by atoms with Gasteiger partial charge in [0.05, 0.1) is 33.1 Å². The average Bonchev–Trinajstić information content (AvgIpc) is 2.86. The van der Waals surface area contributed by atoms with Gasteiger partial charge in [-0.15, -0.1) is 0 Å². The number of nitrogens with one attached hydrogen (secondary N) is 1. The molecule has 0 heterocycles. The molecule has 1 aromatic rings. The van der Waals surface area contributed by atoms with Crippen LogP contribution < -0.4 is 16.0 Å². The number of carbonyl (C=O) groups excluding carboxylic acids is 6. The molecule has 5 N–H and O–H groups in total. The number of phenolic OH excluding ortho intramolecular Hbond substituents is 1. The summed E-state index contributed by atoms with van der Waals surface area (Å²) in [5.74, 6) is -12.0. The number of phenols is 1. The van der Waals surface area contributed by atoms with Crippen LogP contribution in [0.5, 0.6) is 5.75 Å². The van der Waals surface area contributed by atoms with E-state index in [4.69, 9.17) is 17.3 Å². The van der Waals surface area contributed by atoms with Crippen molar-refractivity contribution in [2.75, 3.05) is 38.4 Å². The second-order valence-corrected chi connectivity index (χ2v) is 13.9. The number of likely N-dealkylation sites (N-methyl/N-ethyl adjacent to an activating group) is 1. The number of aliphatic hydroxyl groups is 1. The van der Waals surface area contributed by atoms with Gasteiger partial charge in [0.25, 0.3) is 0 Å². The maximum absolute atomic E-state index is 14.2. The van der Waals surface area contributed by atoms with Gasteiger partial charge >= 0.3 is 0 Å². The van der Waals surface area contributed by atoms with Gasteiger partial charge in [0, 0.05) is 20.0 Å². The van der Waals surface area contributed by atoms with E-state index in [0.29, 0.717) is 11.3 Å². The van der Waals surface area contributed by atoms with E-state index in [0.717, 1.165) is 19.3 Å². The van der Waals surface area contributed by atoms with Crippen molar-refractivity contribution < 1.29 is 39.0 Å². The summed E-state index contributed by atoms with van der Waals surface area (Å²) in [4.78, 5) is 82.8. The number of hydrogen-bond acceptors (Lipinski definition) is 10. The molecule has 5 rings (SSSR count). The first-order chi connectivity index (χ1) is 20.0. The Balaban J connectivity index is 1.63. The number of nitrogens with two attached hydrogens (primary N) is 1. The molecule has 0 radical (unpaired) electrons. The summed E-state index contributed by atoms with van der Waals surface area (Å²) in [6, 6.07) is -1.20. The van der Waals surface area contributed by atoms with Crippen LogP contribution in [0.2, 0.25) is 5.02 Å². The smallest absolute Gasteiger partial charge is 0.238 e. The van der Waals surface area contributed by atoms with Crippen molar-refractivity contribution in [1.82, 2.24) is 4.90 Å². The lowest BCUT2D eigenvalue weighted by Gasteiger charge is -2.52. The molecule has 2 amide bonds. The standard InChI is InChI=1S/C29H34BrClN4O8/c1-34(2)20-12-8-11-9-13-21(35(3)4)24(38)16(27(32)41)26(40)29(13,43)25(39)14(11)22(36)15(12)23(37)19(18(20)31)33-28(42)17(30)10-6-5-7-10/h10-11,13-14,16-17,21,37,43H,5-9H2,1-4H3,(H2,32,41)(H,33,42)/t11?,13?,14?,16?,17?,21-,29-/m0/s1. The molecule has 232 valence electrons. The van der Waals surface area contributed by atoms with Crippen molar-refractivity contribution in [1.29, 1.82) is 0 Å². The summed E-state index contributed by atoms with van der Waals surface area (Å²) in [5.41, 5.74) is 2.80. The van der Waals surface area contributed by atoms with Crippen molar-refractivity contribution in [2.24, 2.45) is 35.3 Å². The number of halogens is 2. The Morgan fingerprint density at radius 3 is 2.26 bits per heavy atom. The summed E-state index contributed by atoms with van der Waals surface area (Å²) >= 11 is 10.2. The van der Waals surface area contributed by atoms with Gasteiger partial charge in [0.15, 0.2) is 40.4 Å². The fourth-order valence-corrected chi connectivity index (χ4v) is 8.47. The van der Waals surface area contributed by atoms with Gasteiger partial charge in [-0.1, -0.05) is 34.0 Å². The number of carbonyl (C=O) groups is 6. The molecule has 5 unspecified atom stereocenters. The molecule has 0 spiro atoms. The maximum atomic E-state index is 14.2. The van der Waals surface area contributed by atoms with Crippen LogP contribution >= 0.6 is 27.5 Å². The van der Waals surface area contributed by atoms with Crippen LogP contribution in [0, 0.1) is 29.6 Å². The highest BCUT2D eigenvalue weighted by atomic mass is 79.9. The quantitative estimate of drug-likeness (QED) is 0.192. The molecule has 0 saturated heterocycles. The van der Waals surface area contributed by atoms with Gasteiger partial charge < -0.3 is 26.2 Å². The van der Waals surface area contributed by atoms with Gasteiger partial charge in [-0.3, -0.25) is 33.7 Å². The summed E-state index contributed by atoms with van der Waals surface area (Å²) in [6.07, 6.45) is 2.68. The lowest BCUT2D eigenvalue weighted by Crippen LogP contribution is -2.74. The highest BCUT2D eigenvalue weighted by molar-refractivity contribution is 9.10. The van der Waals surface area contributed by atoms with E-state index in [1.165, 1.54) is 19.0 Å². The predicted octanol–water partition coefficient (Wildman–Crippen LogP) is 1.09. The molecule has 3 saturated carbocycles. The summed E-state index contributed by atoms with van der Waals surface area (Å²) in [5, 5.41) is 25.8. The highest BCUT2D eigenvalue weighted by Gasteiger charge is 2.69. The lowest BCUT2D eigenvalue weighted by molar-refractivity contribution is -0.181. The molecular weight excluding hydrogens is 648 g/mol. The number of Topliss-reactive ketones (excluding diaryl/α,β-unsaturated/α-hetero) is 4. The minimum atomic E-state index is -2.83. The Morgan fingerprint density at radius 1 is 1.12 bits per heavy atom. The Morgan fingerprint density at radius 2 is 1.74 bits per heavy atom. The third-order valence-corrected chi connectivity index (χ3v) is 11.2. The highest BCUT2D eigenvalue weighted by Crippen LogP contribution is 2.55. The molecule has 4 aliphatic rings. The van der Waals surface area contributed by atoms with E-state index in [9.17, 15) is 39.0 Å². The SMILES string of the molecule is CN(C)c1c(Cl)c(NC(=O)C(Br)C2CCC2)c(O)c2c1CC1CC3[C@H](N(C)C)C(=O)C(C(N)=O)C(=O)[C@@]3(O)C(=O)C1C2=O. The number of anilines is 2. The summed E-state index contributed by atoms with van der Waals surface area (Å²) < 4.78 is 0. The average molecular weight is 682 g/mol. The van der Waals surface area contributed by atoms with Gasteiger partial charge in [-0.05, 0) is 57.2 Å². The number of alkyl halides is 1. The molecule has 14 heteroatoms. The van der Waals surface area contributed by atoms with Crippen LogP contribution in [0.25, 0.3) is 0 Å². The minimum Gasteiger partial charge on any atom is -0.505 e. The molecule has 12 nitrogen and oxygen atoms in total. The fourth-order valence-electron chi connectivity index (χ4n) is 7.41. The molecule has 0 aromatic heterocycles. The van der Waals surface area contributed by atoms with Crippen molar-refractivity contribution in [3.05, 3.63) is 16.1 Å². The number of aromatic hydroxyl groups is 1. The van der Waals surface area contributed by atoms with Crippen LogP contribution in [0.15, 0.2) is 0 Å². The maximum Gasteiger partial charge on any atom is 0.238 e. The van der Waals surface area contributed by atoms with Gasteiger partial charge in [0.1, 0.15) is 5.69 Å². The molecule has 7 atom stereocenters. The first-order valence-corrected chi connectivity index (χ1v) is 15.4. The van der Waals surface area contributed by atoms with E-state index < -0.39 is 80.8 Å². The lowest BCUT2D eigenvalue weighted by atomic mass is 9.52. The zero-order valence-electron chi connectivity index (χ0n) is 24.1. The van der Waals surface area contributed by atoms with Crippen LogP contribution in [-0.4, -0.2) is 94.7 Å². The topological polar surface area (TPSA) is 187 Å². The third-order valence-electron chi connectivity index (χ3n) is 9.65. The molecule has 4 aliphatic carbocycles. The van der Waals surface area contributed by atoms with Crippen molar-refractivity contribution in [2.45, 2.75) is 48.6 Å². The fraction of sp³-hybridized carbons (Fsp3) is 0.586. The van der Waals surface area contributed by atoms with E-state index in [1.54, 1.807) is 19.0 Å². The Hall–Kier alpha value is -2.87. The number of amides is 2. The molecule has 1 aromatic carbocycles. The number of benzene rings is 1. The molecular formula is C29H34BrClN4O8. The summed E-state index contributed by atoms with van der Waals surface area (Å²) in [6.45, 7) is 0. The first kappa shape index (κ1) is 31.6. The van der Waals surface area contributed by atoms with Crippen LogP contribution in [0.1, 0.15) is 41.6 Å². The van der Waals surface area contributed by atoms with E-state index in [2.05, 4.69) is 21.2 Å². The van der Waals surface area contributed by atoms with Gasteiger partial charge in [0.2, 0.25) is 11.8 Å². The molecule has 43 heavy (non-hydrogen) atoms. The largest absolute Gasteiger partial charge is 0.505 e. The number of ketones is 4.